The van der Waals surface area contributed by atoms with E-state index < -0.39 is 17.7 Å². The summed E-state index contributed by atoms with van der Waals surface area (Å²) in [5, 5.41) is 3.73. The third-order valence-electron chi connectivity index (χ3n) is 3.53. The Labute approximate surface area is 142 Å². The van der Waals surface area contributed by atoms with E-state index in [4.69, 9.17) is 4.74 Å². The van der Waals surface area contributed by atoms with Crippen molar-refractivity contribution in [1.29, 1.82) is 0 Å². The summed E-state index contributed by atoms with van der Waals surface area (Å²) < 4.78 is 5.28. The van der Waals surface area contributed by atoms with E-state index in [-0.39, 0.29) is 5.91 Å². The molecule has 130 valence electrons. The summed E-state index contributed by atoms with van der Waals surface area (Å²) in [6, 6.07) is 7.18. The molecule has 0 fully saturated rings. The molecule has 0 aliphatic rings. The van der Waals surface area contributed by atoms with Gasteiger partial charge in [-0.1, -0.05) is 18.2 Å². The van der Waals surface area contributed by atoms with Gasteiger partial charge in [-0.3, -0.25) is 4.79 Å². The molecule has 1 atom stereocenters. The lowest BCUT2D eigenvalue weighted by molar-refractivity contribution is -0.130. The highest BCUT2D eigenvalue weighted by molar-refractivity contribution is 5.88. The number of nitrogens with zero attached hydrogens (tertiary/aromatic N) is 1. The van der Waals surface area contributed by atoms with E-state index in [0.29, 0.717) is 6.42 Å². The van der Waals surface area contributed by atoms with Crippen LogP contribution in [0, 0.1) is 0 Å². The minimum absolute atomic E-state index is 0.175. The standard InChI is InChI=1S/C18H25N3O3/c1-18(2,3)24-17(23)20-15(16(22)21(4)5)10-12-11-19-14-9-7-6-8-13(12)14/h6-9,11,15,19H,10H2,1-5H3,(H,20,23)/t15-/m0/s1. The van der Waals surface area contributed by atoms with E-state index in [9.17, 15) is 9.59 Å². The maximum atomic E-state index is 12.5. The summed E-state index contributed by atoms with van der Waals surface area (Å²) >= 11 is 0. The highest BCUT2D eigenvalue weighted by Gasteiger charge is 2.26. The summed E-state index contributed by atoms with van der Waals surface area (Å²) in [6.45, 7) is 5.36. The van der Waals surface area contributed by atoms with Crippen molar-refractivity contribution in [3.8, 4) is 0 Å². The highest BCUT2D eigenvalue weighted by Crippen LogP contribution is 2.19. The van der Waals surface area contributed by atoms with Gasteiger partial charge in [-0.25, -0.2) is 4.79 Å². The molecule has 0 radical (unpaired) electrons. The number of aromatic amines is 1. The molecule has 1 aromatic heterocycles. The lowest BCUT2D eigenvalue weighted by Gasteiger charge is -2.24. The summed E-state index contributed by atoms with van der Waals surface area (Å²) in [5.74, 6) is -0.175. The topological polar surface area (TPSA) is 74.4 Å². The van der Waals surface area contributed by atoms with E-state index in [1.54, 1.807) is 34.9 Å². The predicted octanol–water partition coefficient (Wildman–Crippen LogP) is 2.69. The molecule has 2 rings (SSSR count). The summed E-state index contributed by atoms with van der Waals surface area (Å²) in [5.41, 5.74) is 1.36. The number of ether oxygens (including phenoxy) is 1. The van der Waals surface area contributed by atoms with Gasteiger partial charge in [0.2, 0.25) is 5.91 Å². The molecule has 0 aliphatic carbocycles. The fourth-order valence-corrected chi connectivity index (χ4v) is 2.48. The maximum Gasteiger partial charge on any atom is 0.408 e. The lowest BCUT2D eigenvalue weighted by Crippen LogP contribution is -2.48. The molecular weight excluding hydrogens is 306 g/mol. The number of H-pyrrole nitrogens is 1. The van der Waals surface area contributed by atoms with E-state index in [1.165, 1.54) is 4.90 Å². The van der Waals surface area contributed by atoms with Gasteiger partial charge in [-0.2, -0.15) is 0 Å². The Morgan fingerprint density at radius 1 is 1.25 bits per heavy atom. The Hall–Kier alpha value is -2.50. The fourth-order valence-electron chi connectivity index (χ4n) is 2.48. The SMILES string of the molecule is CN(C)C(=O)[C@H](Cc1c[nH]c2ccccc12)NC(=O)OC(C)(C)C. The molecule has 6 heteroatoms. The van der Waals surface area contributed by atoms with E-state index in [2.05, 4.69) is 10.3 Å². The largest absolute Gasteiger partial charge is 0.444 e. The first-order valence-electron chi connectivity index (χ1n) is 7.93. The second-order valence-corrected chi connectivity index (χ2v) is 7.00. The number of aromatic nitrogens is 1. The quantitative estimate of drug-likeness (QED) is 0.904. The lowest BCUT2D eigenvalue weighted by atomic mass is 10.0. The zero-order valence-corrected chi connectivity index (χ0v) is 14.8. The molecule has 0 unspecified atom stereocenters. The number of fused-ring (bicyclic) bond motifs is 1. The van der Waals surface area contributed by atoms with Crippen LogP contribution in [0.5, 0.6) is 0 Å². The van der Waals surface area contributed by atoms with Gasteiger partial charge in [0.25, 0.3) is 0 Å². The second kappa shape index (κ2) is 6.95. The Kier molecular flexibility index (Phi) is 5.17. The number of rotatable bonds is 4. The Morgan fingerprint density at radius 3 is 2.54 bits per heavy atom. The Balaban J connectivity index is 2.20. The molecule has 1 heterocycles. The van der Waals surface area contributed by atoms with Crippen LogP contribution in [0.3, 0.4) is 0 Å². The monoisotopic (exact) mass is 331 g/mol. The minimum atomic E-state index is -0.686. The van der Waals surface area contributed by atoms with Crippen molar-refractivity contribution >= 4 is 22.9 Å². The molecule has 2 N–H and O–H groups in total. The molecular formula is C18H25N3O3. The normalized spacial score (nSPS) is 12.7. The molecule has 24 heavy (non-hydrogen) atoms. The fraction of sp³-hybridized carbons (Fsp3) is 0.444. The number of likely N-dealkylation sites (N-methyl/N-ethyl adjacent to an activating group) is 1. The van der Waals surface area contributed by atoms with Crippen LogP contribution in [-0.2, 0) is 16.0 Å². The first-order chi connectivity index (χ1) is 11.2. The zero-order chi connectivity index (χ0) is 17.9. The number of hydrogen-bond donors (Lipinski definition) is 2. The van der Waals surface area contributed by atoms with Gasteiger partial charge in [-0.05, 0) is 32.4 Å². The highest BCUT2D eigenvalue weighted by atomic mass is 16.6. The van der Waals surface area contributed by atoms with Crippen molar-refractivity contribution in [3.05, 3.63) is 36.0 Å². The molecule has 0 aliphatic heterocycles. The van der Waals surface area contributed by atoms with Crippen molar-refractivity contribution in [2.24, 2.45) is 0 Å². The van der Waals surface area contributed by atoms with Crippen molar-refractivity contribution in [3.63, 3.8) is 0 Å². The number of benzene rings is 1. The average molecular weight is 331 g/mol. The van der Waals surface area contributed by atoms with Crippen molar-refractivity contribution in [1.82, 2.24) is 15.2 Å². The van der Waals surface area contributed by atoms with Crippen LogP contribution in [0.1, 0.15) is 26.3 Å². The van der Waals surface area contributed by atoms with Crippen LogP contribution in [0.4, 0.5) is 4.79 Å². The molecule has 0 saturated heterocycles. The number of amides is 2. The van der Waals surface area contributed by atoms with Crippen molar-refractivity contribution in [2.75, 3.05) is 14.1 Å². The second-order valence-electron chi connectivity index (χ2n) is 7.00. The van der Waals surface area contributed by atoms with Gasteiger partial charge in [0.1, 0.15) is 11.6 Å². The minimum Gasteiger partial charge on any atom is -0.444 e. The molecule has 0 spiro atoms. The average Bonchev–Trinajstić information content (AvgIpc) is 2.87. The Morgan fingerprint density at radius 2 is 1.92 bits per heavy atom. The smallest absolute Gasteiger partial charge is 0.408 e. The summed E-state index contributed by atoms with van der Waals surface area (Å²) in [6.07, 6.45) is 1.67. The number of carbonyl (C=O) groups is 2. The molecule has 2 amide bonds. The third-order valence-corrected chi connectivity index (χ3v) is 3.53. The van der Waals surface area contributed by atoms with Crippen LogP contribution in [0.25, 0.3) is 10.9 Å². The molecule has 2 aromatic rings. The van der Waals surface area contributed by atoms with Crippen molar-refractivity contribution < 1.29 is 14.3 Å². The number of alkyl carbamates (subject to hydrolysis) is 1. The van der Waals surface area contributed by atoms with Crippen molar-refractivity contribution in [2.45, 2.75) is 38.8 Å². The van der Waals surface area contributed by atoms with Crippen LogP contribution in [0.15, 0.2) is 30.5 Å². The van der Waals surface area contributed by atoms with Gasteiger partial charge in [0, 0.05) is 37.6 Å². The van der Waals surface area contributed by atoms with Gasteiger partial charge in [0.15, 0.2) is 0 Å². The third kappa shape index (κ3) is 4.50. The maximum absolute atomic E-state index is 12.5. The Bertz CT molecular complexity index is 728. The first kappa shape index (κ1) is 17.8. The number of hydrogen-bond acceptors (Lipinski definition) is 3. The molecule has 0 saturated carbocycles. The van der Waals surface area contributed by atoms with Crippen LogP contribution in [-0.4, -0.2) is 47.6 Å². The summed E-state index contributed by atoms with van der Waals surface area (Å²) in [7, 11) is 3.34. The number of nitrogens with one attached hydrogen (secondary N) is 2. The van der Waals surface area contributed by atoms with Gasteiger partial charge >= 0.3 is 6.09 Å². The molecule has 6 nitrogen and oxygen atoms in total. The van der Waals surface area contributed by atoms with Crippen LogP contribution < -0.4 is 5.32 Å². The molecule has 0 bridgehead atoms. The zero-order valence-electron chi connectivity index (χ0n) is 14.8. The van der Waals surface area contributed by atoms with E-state index in [0.717, 1.165) is 16.5 Å². The number of para-hydroxylation sites is 1. The van der Waals surface area contributed by atoms with Crippen LogP contribution >= 0.6 is 0 Å². The van der Waals surface area contributed by atoms with E-state index >= 15 is 0 Å². The predicted molar refractivity (Wildman–Crippen MR) is 93.9 cm³/mol. The van der Waals surface area contributed by atoms with Crippen LogP contribution in [0.2, 0.25) is 0 Å². The summed E-state index contributed by atoms with van der Waals surface area (Å²) in [4.78, 5) is 29.2. The molecule has 1 aromatic carbocycles. The van der Waals surface area contributed by atoms with Gasteiger partial charge in [-0.15, -0.1) is 0 Å². The first-order valence-corrected chi connectivity index (χ1v) is 7.93. The van der Waals surface area contributed by atoms with Gasteiger partial charge in [0.05, 0.1) is 0 Å². The van der Waals surface area contributed by atoms with Gasteiger partial charge < -0.3 is 19.9 Å². The number of carbonyl (C=O) groups excluding carboxylic acids is 2. The van der Waals surface area contributed by atoms with E-state index in [1.807, 2.05) is 30.5 Å².